The molecule has 0 saturated heterocycles. The number of nitrogens with one attached hydrogen (secondary N) is 1. The first kappa shape index (κ1) is 24.2. The minimum atomic E-state index is 1.08. The molecular formula is C40H28N2. The molecule has 8 rings (SSSR count). The summed E-state index contributed by atoms with van der Waals surface area (Å²) in [6, 6.07) is 58.5. The maximum Gasteiger partial charge on any atom is 0.0541 e. The third kappa shape index (κ3) is 4.22. The summed E-state index contributed by atoms with van der Waals surface area (Å²) >= 11 is 0. The number of anilines is 2. The van der Waals surface area contributed by atoms with Crippen molar-refractivity contribution in [1.29, 1.82) is 0 Å². The zero-order chi connectivity index (χ0) is 27.9. The molecule has 0 fully saturated rings. The zero-order valence-corrected chi connectivity index (χ0v) is 23.0. The first-order chi connectivity index (χ1) is 20.8. The summed E-state index contributed by atoms with van der Waals surface area (Å²) < 4.78 is 2.36. The van der Waals surface area contributed by atoms with E-state index in [-0.39, 0.29) is 0 Å². The quantitative estimate of drug-likeness (QED) is 0.231. The van der Waals surface area contributed by atoms with Gasteiger partial charge < -0.3 is 9.88 Å². The topological polar surface area (TPSA) is 17.0 Å². The van der Waals surface area contributed by atoms with Crippen LogP contribution in [0.25, 0.3) is 60.5 Å². The van der Waals surface area contributed by atoms with Gasteiger partial charge in [0.05, 0.1) is 11.0 Å². The number of nitrogens with zero attached hydrogens (tertiary/aromatic N) is 1. The monoisotopic (exact) mass is 536 g/mol. The Hall–Kier alpha value is -5.60. The lowest BCUT2D eigenvalue weighted by molar-refractivity contribution is 1.18. The highest BCUT2D eigenvalue weighted by atomic mass is 15.0. The molecule has 1 heterocycles. The Kier molecular flexibility index (Phi) is 5.82. The highest BCUT2D eigenvalue weighted by Gasteiger charge is 2.13. The fourth-order valence-corrected chi connectivity index (χ4v) is 6.10. The van der Waals surface area contributed by atoms with Gasteiger partial charge in [-0.3, -0.25) is 0 Å². The summed E-state index contributed by atoms with van der Waals surface area (Å²) in [5.41, 5.74) is 10.7. The summed E-state index contributed by atoms with van der Waals surface area (Å²) in [5.74, 6) is 0. The summed E-state index contributed by atoms with van der Waals surface area (Å²) in [5, 5.41) is 8.59. The van der Waals surface area contributed by atoms with Crippen LogP contribution in [0.3, 0.4) is 0 Å². The molecule has 0 unspecified atom stereocenters. The number of fused-ring (bicyclic) bond motifs is 4. The maximum atomic E-state index is 3.59. The van der Waals surface area contributed by atoms with E-state index >= 15 is 0 Å². The van der Waals surface area contributed by atoms with E-state index < -0.39 is 0 Å². The van der Waals surface area contributed by atoms with Crippen molar-refractivity contribution in [1.82, 2.24) is 4.57 Å². The normalized spacial score (nSPS) is 11.3. The van der Waals surface area contributed by atoms with Crippen molar-refractivity contribution in [2.45, 2.75) is 0 Å². The second-order valence-electron chi connectivity index (χ2n) is 10.7. The molecule has 0 aliphatic carbocycles. The molecule has 8 aromatic rings. The molecule has 0 saturated carbocycles. The molecule has 1 aromatic heterocycles. The van der Waals surface area contributed by atoms with Crippen LogP contribution in [0.15, 0.2) is 164 Å². The van der Waals surface area contributed by atoms with Crippen LogP contribution in [0.1, 0.15) is 0 Å². The van der Waals surface area contributed by atoms with Gasteiger partial charge in [0.15, 0.2) is 0 Å². The average Bonchev–Trinajstić information content (AvgIpc) is 3.39. The summed E-state index contributed by atoms with van der Waals surface area (Å²) in [7, 11) is 0. The summed E-state index contributed by atoms with van der Waals surface area (Å²) in [6.07, 6.45) is 0. The van der Waals surface area contributed by atoms with E-state index in [0.717, 1.165) is 11.4 Å². The number of hydrogen-bond acceptors (Lipinski definition) is 1. The Bertz CT molecular complexity index is 2180. The lowest BCUT2D eigenvalue weighted by Crippen LogP contribution is -1.92. The van der Waals surface area contributed by atoms with Crippen LogP contribution < -0.4 is 5.32 Å². The number of hydrogen-bond donors (Lipinski definition) is 1. The molecule has 0 aliphatic heterocycles. The van der Waals surface area contributed by atoms with Gasteiger partial charge in [-0.2, -0.15) is 0 Å². The van der Waals surface area contributed by atoms with Crippen molar-refractivity contribution < 1.29 is 0 Å². The molecule has 0 atom stereocenters. The first-order valence-corrected chi connectivity index (χ1v) is 14.4. The average molecular weight is 537 g/mol. The maximum absolute atomic E-state index is 3.59. The Morgan fingerprint density at radius 1 is 0.381 bits per heavy atom. The van der Waals surface area contributed by atoms with Crippen molar-refractivity contribution in [2.24, 2.45) is 0 Å². The van der Waals surface area contributed by atoms with Crippen LogP contribution in [0, 0.1) is 0 Å². The van der Waals surface area contributed by atoms with Gasteiger partial charge in [0, 0.05) is 33.2 Å². The van der Waals surface area contributed by atoms with Crippen LogP contribution in [-0.4, -0.2) is 4.57 Å². The van der Waals surface area contributed by atoms with Crippen molar-refractivity contribution >= 4 is 44.0 Å². The summed E-state index contributed by atoms with van der Waals surface area (Å²) in [4.78, 5) is 0. The third-order valence-electron chi connectivity index (χ3n) is 8.19. The Morgan fingerprint density at radius 2 is 0.952 bits per heavy atom. The highest BCUT2D eigenvalue weighted by molar-refractivity contribution is 6.10. The molecule has 0 aliphatic rings. The molecule has 0 radical (unpaired) electrons. The van der Waals surface area contributed by atoms with E-state index in [1.54, 1.807) is 0 Å². The van der Waals surface area contributed by atoms with Gasteiger partial charge in [-0.1, -0.05) is 115 Å². The SMILES string of the molecule is c1ccc(-n2c3ccccc3c3cc(-c4ccc(-c5ccc(Nc6cccc7ccccc67)cc5)cc4)ccc32)cc1. The predicted molar refractivity (Wildman–Crippen MR) is 179 cm³/mol. The zero-order valence-electron chi connectivity index (χ0n) is 23.0. The first-order valence-electron chi connectivity index (χ1n) is 14.4. The van der Waals surface area contributed by atoms with Crippen molar-refractivity contribution in [3.63, 3.8) is 0 Å². The Labute approximate surface area is 245 Å². The number of aromatic nitrogens is 1. The van der Waals surface area contributed by atoms with Crippen LogP contribution in [0.2, 0.25) is 0 Å². The number of benzene rings is 7. The number of para-hydroxylation sites is 2. The molecule has 2 heteroatoms. The molecule has 7 aromatic carbocycles. The van der Waals surface area contributed by atoms with E-state index in [4.69, 9.17) is 0 Å². The standard InChI is InChI=1S/C40H28N2/c1-2-11-34(12-3-1)42-39-16-7-6-14-36(39)37-27-32(23-26-40(37)42)30-19-17-28(18-20-30)29-21-24-33(25-22-29)41-38-15-8-10-31-9-4-5-13-35(31)38/h1-27,41H. The van der Waals surface area contributed by atoms with Gasteiger partial charge in [-0.25, -0.2) is 0 Å². The Morgan fingerprint density at radius 3 is 1.74 bits per heavy atom. The van der Waals surface area contributed by atoms with Crippen molar-refractivity contribution in [2.75, 3.05) is 5.32 Å². The molecule has 0 spiro atoms. The van der Waals surface area contributed by atoms with Gasteiger partial charge in [0.25, 0.3) is 0 Å². The second kappa shape index (κ2) is 10.1. The third-order valence-corrected chi connectivity index (χ3v) is 8.19. The molecule has 1 N–H and O–H groups in total. The predicted octanol–water partition coefficient (Wildman–Crippen LogP) is 11.0. The smallest absolute Gasteiger partial charge is 0.0541 e. The van der Waals surface area contributed by atoms with E-state index in [0.29, 0.717) is 0 Å². The van der Waals surface area contributed by atoms with Gasteiger partial charge in [0.2, 0.25) is 0 Å². The minimum Gasteiger partial charge on any atom is -0.355 e. The van der Waals surface area contributed by atoms with E-state index in [9.17, 15) is 0 Å². The molecule has 0 bridgehead atoms. The van der Waals surface area contributed by atoms with Crippen molar-refractivity contribution in [3.8, 4) is 27.9 Å². The van der Waals surface area contributed by atoms with Crippen molar-refractivity contribution in [3.05, 3.63) is 164 Å². The molecule has 0 amide bonds. The largest absolute Gasteiger partial charge is 0.355 e. The van der Waals surface area contributed by atoms with Gasteiger partial charge in [-0.05, 0) is 76.2 Å². The summed E-state index contributed by atoms with van der Waals surface area (Å²) in [6.45, 7) is 0. The van der Waals surface area contributed by atoms with Gasteiger partial charge in [-0.15, -0.1) is 0 Å². The lowest BCUT2D eigenvalue weighted by Gasteiger charge is -2.11. The van der Waals surface area contributed by atoms with Crippen LogP contribution in [0.4, 0.5) is 11.4 Å². The van der Waals surface area contributed by atoms with Gasteiger partial charge in [0.1, 0.15) is 0 Å². The fourth-order valence-electron chi connectivity index (χ4n) is 6.10. The van der Waals surface area contributed by atoms with Crippen LogP contribution >= 0.6 is 0 Å². The van der Waals surface area contributed by atoms with Gasteiger partial charge >= 0.3 is 0 Å². The molecular weight excluding hydrogens is 508 g/mol. The van der Waals surface area contributed by atoms with Crippen LogP contribution in [0.5, 0.6) is 0 Å². The fraction of sp³-hybridized carbons (Fsp3) is 0. The van der Waals surface area contributed by atoms with E-state index in [1.807, 2.05) is 0 Å². The molecule has 2 nitrogen and oxygen atoms in total. The Balaban J connectivity index is 1.09. The van der Waals surface area contributed by atoms with E-state index in [2.05, 4.69) is 174 Å². The van der Waals surface area contributed by atoms with E-state index in [1.165, 1.54) is 60.5 Å². The second-order valence-corrected chi connectivity index (χ2v) is 10.7. The number of rotatable bonds is 5. The molecule has 42 heavy (non-hydrogen) atoms. The van der Waals surface area contributed by atoms with Crippen LogP contribution in [-0.2, 0) is 0 Å². The highest BCUT2D eigenvalue weighted by Crippen LogP contribution is 2.35. The lowest BCUT2D eigenvalue weighted by atomic mass is 9.99. The molecule has 198 valence electrons. The minimum absolute atomic E-state index is 1.08.